The molecule has 5 nitrogen and oxygen atoms in total. The van der Waals surface area contributed by atoms with E-state index in [-0.39, 0.29) is 24.2 Å². The Morgan fingerprint density at radius 1 is 0.941 bits per heavy atom. The highest BCUT2D eigenvalue weighted by Gasteiger charge is 2.27. The predicted octanol–water partition coefficient (Wildman–Crippen LogP) is 6.39. The first-order chi connectivity index (χ1) is 16.6. The maximum absolute atomic E-state index is 13.0. The van der Waals surface area contributed by atoms with Crippen LogP contribution in [0.25, 0.3) is 0 Å². The third-order valence-electron chi connectivity index (χ3n) is 6.19. The SMILES string of the molecule is CCOC(=O)c1c(OC2CCC(C)CC2)cc(Cc2ccccc2)nc1OCc1ccccc1. The van der Waals surface area contributed by atoms with Crippen LogP contribution in [0.1, 0.15) is 66.7 Å². The number of hydrogen-bond acceptors (Lipinski definition) is 5. The van der Waals surface area contributed by atoms with Crippen LogP contribution in [0.3, 0.4) is 0 Å². The van der Waals surface area contributed by atoms with Gasteiger partial charge in [-0.1, -0.05) is 67.6 Å². The van der Waals surface area contributed by atoms with Gasteiger partial charge in [-0.15, -0.1) is 0 Å². The Labute approximate surface area is 202 Å². The summed E-state index contributed by atoms with van der Waals surface area (Å²) < 4.78 is 18.0. The first-order valence-corrected chi connectivity index (χ1v) is 12.2. The largest absolute Gasteiger partial charge is 0.489 e. The van der Waals surface area contributed by atoms with Crippen LogP contribution >= 0.6 is 0 Å². The molecule has 1 saturated carbocycles. The Hall–Kier alpha value is -3.34. The van der Waals surface area contributed by atoms with Crippen molar-refractivity contribution in [3.63, 3.8) is 0 Å². The number of aromatic nitrogens is 1. The summed E-state index contributed by atoms with van der Waals surface area (Å²) in [5.74, 6) is 1.00. The normalized spacial score (nSPS) is 17.7. The molecule has 0 spiro atoms. The fourth-order valence-corrected chi connectivity index (χ4v) is 4.28. The molecule has 1 fully saturated rings. The maximum atomic E-state index is 13.0. The number of carbonyl (C=O) groups excluding carboxylic acids is 1. The summed E-state index contributed by atoms with van der Waals surface area (Å²) in [5.41, 5.74) is 3.19. The molecule has 0 aliphatic heterocycles. The fourth-order valence-electron chi connectivity index (χ4n) is 4.28. The number of rotatable bonds is 9. The smallest absolute Gasteiger partial charge is 0.347 e. The maximum Gasteiger partial charge on any atom is 0.347 e. The third kappa shape index (κ3) is 6.37. The van der Waals surface area contributed by atoms with E-state index in [9.17, 15) is 4.79 Å². The van der Waals surface area contributed by atoms with E-state index < -0.39 is 5.97 Å². The predicted molar refractivity (Wildman–Crippen MR) is 132 cm³/mol. The lowest BCUT2D eigenvalue weighted by Crippen LogP contribution is -2.24. The standard InChI is InChI=1S/C29H33NO4/c1-3-32-29(31)27-26(34-25-16-14-21(2)15-17-25)19-24(18-22-10-6-4-7-11-22)30-28(27)33-20-23-12-8-5-9-13-23/h4-13,19,21,25H,3,14-18,20H2,1-2H3. The van der Waals surface area contributed by atoms with Gasteiger partial charge >= 0.3 is 5.97 Å². The Balaban J connectivity index is 1.69. The van der Waals surface area contributed by atoms with Crippen LogP contribution in [0.5, 0.6) is 11.6 Å². The number of ether oxygens (including phenoxy) is 3. The van der Waals surface area contributed by atoms with Crippen LogP contribution in [0.4, 0.5) is 0 Å². The first kappa shape index (κ1) is 23.8. The van der Waals surface area contributed by atoms with Crippen molar-refractivity contribution in [2.75, 3.05) is 6.61 Å². The molecular formula is C29H33NO4. The number of hydrogen-bond donors (Lipinski definition) is 0. The summed E-state index contributed by atoms with van der Waals surface area (Å²) in [6, 6.07) is 21.9. The molecule has 2 aromatic carbocycles. The number of nitrogens with zero attached hydrogens (tertiary/aromatic N) is 1. The van der Waals surface area contributed by atoms with Crippen LogP contribution in [-0.2, 0) is 17.8 Å². The minimum absolute atomic E-state index is 0.0679. The first-order valence-electron chi connectivity index (χ1n) is 12.2. The molecule has 178 valence electrons. The lowest BCUT2D eigenvalue weighted by molar-refractivity contribution is 0.0507. The van der Waals surface area contributed by atoms with Crippen molar-refractivity contribution in [2.24, 2.45) is 5.92 Å². The van der Waals surface area contributed by atoms with Gasteiger partial charge in [-0.2, -0.15) is 0 Å². The topological polar surface area (TPSA) is 57.7 Å². The van der Waals surface area contributed by atoms with Gasteiger partial charge in [0.15, 0.2) is 5.56 Å². The zero-order valence-corrected chi connectivity index (χ0v) is 20.0. The lowest BCUT2D eigenvalue weighted by Gasteiger charge is -2.28. The molecule has 3 aromatic rings. The van der Waals surface area contributed by atoms with Gasteiger partial charge in [0.2, 0.25) is 5.88 Å². The van der Waals surface area contributed by atoms with Gasteiger partial charge in [-0.25, -0.2) is 9.78 Å². The molecule has 0 N–H and O–H groups in total. The zero-order chi connectivity index (χ0) is 23.8. The third-order valence-corrected chi connectivity index (χ3v) is 6.19. The van der Waals surface area contributed by atoms with E-state index in [0.717, 1.165) is 42.5 Å². The van der Waals surface area contributed by atoms with E-state index in [1.165, 1.54) is 0 Å². The fraction of sp³-hybridized carbons (Fsp3) is 0.379. The van der Waals surface area contributed by atoms with Crippen LogP contribution in [0.15, 0.2) is 66.7 Å². The molecule has 0 saturated heterocycles. The highest BCUT2D eigenvalue weighted by molar-refractivity contribution is 5.95. The average Bonchev–Trinajstić information content (AvgIpc) is 2.85. The van der Waals surface area contributed by atoms with Crippen molar-refractivity contribution in [1.82, 2.24) is 4.98 Å². The molecule has 0 bridgehead atoms. The van der Waals surface area contributed by atoms with E-state index >= 15 is 0 Å². The molecule has 4 rings (SSSR count). The molecule has 5 heteroatoms. The summed E-state index contributed by atoms with van der Waals surface area (Å²) in [7, 11) is 0. The minimum atomic E-state index is -0.469. The van der Waals surface area contributed by atoms with Crippen molar-refractivity contribution in [3.05, 3.63) is 89.1 Å². The van der Waals surface area contributed by atoms with Crippen LogP contribution < -0.4 is 9.47 Å². The van der Waals surface area contributed by atoms with E-state index in [0.29, 0.717) is 24.7 Å². The highest BCUT2D eigenvalue weighted by atomic mass is 16.5. The van der Waals surface area contributed by atoms with Crippen molar-refractivity contribution in [2.45, 2.75) is 58.7 Å². The highest BCUT2D eigenvalue weighted by Crippen LogP contribution is 2.34. The molecule has 1 aliphatic carbocycles. The Morgan fingerprint density at radius 2 is 1.59 bits per heavy atom. The molecule has 34 heavy (non-hydrogen) atoms. The van der Waals surface area contributed by atoms with Gasteiger partial charge < -0.3 is 14.2 Å². The van der Waals surface area contributed by atoms with Gasteiger partial charge in [0.1, 0.15) is 12.4 Å². The second-order valence-electron chi connectivity index (χ2n) is 8.95. The second kappa shape index (κ2) is 11.7. The number of esters is 1. The molecule has 1 aliphatic rings. The zero-order valence-electron chi connectivity index (χ0n) is 20.0. The van der Waals surface area contributed by atoms with Crippen molar-refractivity contribution in [3.8, 4) is 11.6 Å². The molecule has 0 amide bonds. The Kier molecular flexibility index (Phi) is 8.18. The second-order valence-corrected chi connectivity index (χ2v) is 8.95. The number of pyridine rings is 1. The molecular weight excluding hydrogens is 426 g/mol. The quantitative estimate of drug-likeness (QED) is 0.347. The molecule has 0 atom stereocenters. The van der Waals surface area contributed by atoms with Crippen molar-refractivity contribution < 1.29 is 19.0 Å². The van der Waals surface area contributed by atoms with E-state index in [1.54, 1.807) is 6.92 Å². The van der Waals surface area contributed by atoms with Gasteiger partial charge in [-0.3, -0.25) is 0 Å². The number of benzene rings is 2. The van der Waals surface area contributed by atoms with Crippen molar-refractivity contribution in [1.29, 1.82) is 0 Å². The van der Waals surface area contributed by atoms with Crippen LogP contribution in [-0.4, -0.2) is 23.7 Å². The van der Waals surface area contributed by atoms with Crippen molar-refractivity contribution >= 4 is 5.97 Å². The molecule has 1 aromatic heterocycles. The monoisotopic (exact) mass is 459 g/mol. The van der Waals surface area contributed by atoms with Gasteiger partial charge in [0.05, 0.1) is 18.4 Å². The molecule has 0 unspecified atom stereocenters. The van der Waals surface area contributed by atoms with Gasteiger partial charge in [0, 0.05) is 12.5 Å². The van der Waals surface area contributed by atoms with E-state index in [2.05, 4.69) is 19.1 Å². The summed E-state index contributed by atoms with van der Waals surface area (Å²) in [4.78, 5) is 17.8. The summed E-state index contributed by atoms with van der Waals surface area (Å²) in [5, 5.41) is 0. The minimum Gasteiger partial charge on any atom is -0.489 e. The van der Waals surface area contributed by atoms with Gasteiger partial charge in [0.25, 0.3) is 0 Å². The summed E-state index contributed by atoms with van der Waals surface area (Å²) in [6.45, 7) is 4.64. The van der Waals surface area contributed by atoms with Crippen LogP contribution in [0.2, 0.25) is 0 Å². The molecule has 1 heterocycles. The Bertz CT molecular complexity index is 1060. The Morgan fingerprint density at radius 3 is 2.24 bits per heavy atom. The number of carbonyl (C=O) groups is 1. The van der Waals surface area contributed by atoms with Gasteiger partial charge in [-0.05, 0) is 49.7 Å². The average molecular weight is 460 g/mol. The van der Waals surface area contributed by atoms with Crippen LogP contribution in [0, 0.1) is 5.92 Å². The van der Waals surface area contributed by atoms with E-state index in [4.69, 9.17) is 19.2 Å². The molecule has 0 radical (unpaired) electrons. The summed E-state index contributed by atoms with van der Waals surface area (Å²) >= 11 is 0. The lowest BCUT2D eigenvalue weighted by atomic mass is 9.89. The van der Waals surface area contributed by atoms with E-state index in [1.807, 2.05) is 54.6 Å². The summed E-state index contributed by atoms with van der Waals surface area (Å²) in [6.07, 6.45) is 4.87.